The molecule has 0 bridgehead atoms. The molecule has 4 aromatic rings. The van der Waals surface area contributed by atoms with E-state index in [4.69, 9.17) is 0 Å². The number of aromatic amines is 1. The van der Waals surface area contributed by atoms with Gasteiger partial charge in [0.1, 0.15) is 0 Å². The van der Waals surface area contributed by atoms with E-state index in [-0.39, 0.29) is 5.88 Å². The number of fused-ring (bicyclic) bond motifs is 3. The van der Waals surface area contributed by atoms with Crippen LogP contribution in [0.2, 0.25) is 0 Å². The summed E-state index contributed by atoms with van der Waals surface area (Å²) in [6.07, 6.45) is 0. The molecule has 0 saturated heterocycles. The molecule has 0 unspecified atom stereocenters. The van der Waals surface area contributed by atoms with Gasteiger partial charge in [0.25, 0.3) is 5.88 Å². The highest BCUT2D eigenvalue weighted by molar-refractivity contribution is 6.03. The van der Waals surface area contributed by atoms with Crippen molar-refractivity contribution in [3.8, 4) is 17.0 Å². The van der Waals surface area contributed by atoms with Gasteiger partial charge in [-0.2, -0.15) is 0 Å². The number of hydrogen-bond donors (Lipinski definition) is 2. The molecule has 4 rings (SSSR count). The molecule has 2 aromatic carbocycles. The summed E-state index contributed by atoms with van der Waals surface area (Å²) in [5.74, 6) is -0.123. The molecular formula is C16H12N4O. The van der Waals surface area contributed by atoms with Crippen molar-refractivity contribution in [2.45, 2.75) is 6.92 Å². The first-order valence-electron chi connectivity index (χ1n) is 6.63. The number of rotatable bonds is 1. The zero-order valence-electron chi connectivity index (χ0n) is 11.3. The molecule has 0 saturated carbocycles. The topological polar surface area (TPSA) is 74.7 Å². The monoisotopic (exact) mass is 276 g/mol. The van der Waals surface area contributed by atoms with Gasteiger partial charge in [0.15, 0.2) is 5.52 Å². The third kappa shape index (κ3) is 1.74. The standard InChI is InChI=1S/C16H12N4O/c1-9-4-2-3-5-11(9)10-6-7-12-13(8-10)17-19-15-14(12)18-20-16(15)21/h2-8H,1H3,(H2,18,20,21). The number of aryl methyl sites for hydroxylation is 1. The van der Waals surface area contributed by atoms with Crippen LogP contribution in [-0.2, 0) is 0 Å². The molecule has 21 heavy (non-hydrogen) atoms. The Hall–Kier alpha value is -2.95. The van der Waals surface area contributed by atoms with Crippen molar-refractivity contribution in [1.29, 1.82) is 0 Å². The van der Waals surface area contributed by atoms with Crippen molar-refractivity contribution in [3.05, 3.63) is 48.0 Å². The third-order valence-electron chi connectivity index (χ3n) is 3.70. The molecular weight excluding hydrogens is 264 g/mol. The molecule has 0 amide bonds. The van der Waals surface area contributed by atoms with Gasteiger partial charge in [-0.25, -0.2) is 0 Å². The Morgan fingerprint density at radius 2 is 1.90 bits per heavy atom. The highest BCUT2D eigenvalue weighted by Gasteiger charge is 2.11. The lowest BCUT2D eigenvalue weighted by atomic mass is 9.99. The summed E-state index contributed by atoms with van der Waals surface area (Å²) in [6, 6.07) is 14.2. The van der Waals surface area contributed by atoms with E-state index in [0.29, 0.717) is 11.0 Å². The lowest BCUT2D eigenvalue weighted by Crippen LogP contribution is -1.88. The smallest absolute Gasteiger partial charge is 0.258 e. The minimum absolute atomic E-state index is 0.123. The number of hydrogen-bond acceptors (Lipinski definition) is 4. The summed E-state index contributed by atoms with van der Waals surface area (Å²) >= 11 is 0. The Kier molecular flexibility index (Phi) is 2.41. The molecule has 0 aliphatic carbocycles. The quantitative estimate of drug-likeness (QED) is 0.560. The van der Waals surface area contributed by atoms with E-state index in [1.165, 1.54) is 11.1 Å². The zero-order chi connectivity index (χ0) is 14.4. The largest absolute Gasteiger partial charge is 0.491 e. The second-order valence-corrected chi connectivity index (χ2v) is 5.02. The fourth-order valence-corrected chi connectivity index (χ4v) is 2.60. The third-order valence-corrected chi connectivity index (χ3v) is 3.70. The van der Waals surface area contributed by atoms with Crippen LogP contribution in [0, 0.1) is 6.92 Å². The summed E-state index contributed by atoms with van der Waals surface area (Å²) in [4.78, 5) is 0. The molecule has 0 aliphatic heterocycles. The number of aromatic nitrogens is 4. The normalized spacial score (nSPS) is 11.3. The van der Waals surface area contributed by atoms with Crippen molar-refractivity contribution in [1.82, 2.24) is 20.4 Å². The minimum Gasteiger partial charge on any atom is -0.491 e. The van der Waals surface area contributed by atoms with Crippen LogP contribution in [0.4, 0.5) is 0 Å². The van der Waals surface area contributed by atoms with Crippen LogP contribution in [0.3, 0.4) is 0 Å². The SMILES string of the molecule is Cc1ccccc1-c1ccc2c(c1)nnc1c(O)n[nH]c12. The first-order chi connectivity index (χ1) is 10.2. The maximum atomic E-state index is 9.59. The van der Waals surface area contributed by atoms with Crippen molar-refractivity contribution < 1.29 is 5.11 Å². The summed E-state index contributed by atoms with van der Waals surface area (Å²) in [6.45, 7) is 2.08. The fraction of sp³-hybridized carbons (Fsp3) is 0.0625. The van der Waals surface area contributed by atoms with Crippen LogP contribution in [0.1, 0.15) is 5.56 Å². The molecule has 0 atom stereocenters. The van der Waals surface area contributed by atoms with E-state index in [2.05, 4.69) is 39.5 Å². The van der Waals surface area contributed by atoms with Crippen LogP contribution in [0.5, 0.6) is 5.88 Å². The number of aromatic hydroxyl groups is 1. The Balaban J connectivity index is 1.99. The summed E-state index contributed by atoms with van der Waals surface area (Å²) < 4.78 is 0. The number of nitrogens with zero attached hydrogens (tertiary/aromatic N) is 3. The molecule has 5 heteroatoms. The molecule has 0 spiro atoms. The Morgan fingerprint density at radius 3 is 2.76 bits per heavy atom. The van der Waals surface area contributed by atoms with E-state index >= 15 is 0 Å². The minimum atomic E-state index is -0.123. The second kappa shape index (κ2) is 4.28. The number of H-pyrrole nitrogens is 1. The zero-order valence-corrected chi connectivity index (χ0v) is 11.3. The van der Waals surface area contributed by atoms with Gasteiger partial charge in [-0.3, -0.25) is 5.10 Å². The predicted molar refractivity (Wildman–Crippen MR) is 81.0 cm³/mol. The summed E-state index contributed by atoms with van der Waals surface area (Å²) in [5, 5.41) is 25.3. The van der Waals surface area contributed by atoms with Gasteiger partial charge >= 0.3 is 0 Å². The summed E-state index contributed by atoms with van der Waals surface area (Å²) in [7, 11) is 0. The van der Waals surface area contributed by atoms with Gasteiger partial charge < -0.3 is 5.11 Å². The van der Waals surface area contributed by atoms with Gasteiger partial charge in [0.2, 0.25) is 0 Å². The van der Waals surface area contributed by atoms with Crippen LogP contribution >= 0.6 is 0 Å². The van der Waals surface area contributed by atoms with Gasteiger partial charge in [-0.05, 0) is 35.7 Å². The summed E-state index contributed by atoms with van der Waals surface area (Å²) in [5.41, 5.74) is 5.35. The predicted octanol–water partition coefficient (Wildman–Crippen LogP) is 3.19. The van der Waals surface area contributed by atoms with Crippen molar-refractivity contribution >= 4 is 21.9 Å². The molecule has 5 nitrogen and oxygen atoms in total. The van der Waals surface area contributed by atoms with Crippen LogP contribution in [0.15, 0.2) is 42.5 Å². The Bertz CT molecular complexity index is 975. The lowest BCUT2D eigenvalue weighted by molar-refractivity contribution is 0.456. The van der Waals surface area contributed by atoms with E-state index in [1.54, 1.807) is 0 Å². The highest BCUT2D eigenvalue weighted by atomic mass is 16.3. The van der Waals surface area contributed by atoms with Crippen LogP contribution in [-0.4, -0.2) is 25.5 Å². The van der Waals surface area contributed by atoms with E-state index < -0.39 is 0 Å². The van der Waals surface area contributed by atoms with Crippen LogP contribution in [0.25, 0.3) is 33.1 Å². The van der Waals surface area contributed by atoms with Crippen molar-refractivity contribution in [2.24, 2.45) is 0 Å². The molecule has 102 valence electrons. The maximum absolute atomic E-state index is 9.59. The number of benzene rings is 2. The molecule has 2 aromatic heterocycles. The average Bonchev–Trinajstić information content (AvgIpc) is 2.89. The van der Waals surface area contributed by atoms with Crippen LogP contribution < -0.4 is 0 Å². The van der Waals surface area contributed by atoms with E-state index in [1.807, 2.05) is 30.3 Å². The van der Waals surface area contributed by atoms with Gasteiger partial charge in [0.05, 0.1) is 11.0 Å². The van der Waals surface area contributed by atoms with E-state index in [0.717, 1.165) is 16.5 Å². The highest BCUT2D eigenvalue weighted by Crippen LogP contribution is 2.29. The number of nitrogens with one attached hydrogen (secondary N) is 1. The van der Waals surface area contributed by atoms with Gasteiger partial charge in [-0.1, -0.05) is 30.3 Å². The lowest BCUT2D eigenvalue weighted by Gasteiger charge is -2.06. The van der Waals surface area contributed by atoms with Gasteiger partial charge in [-0.15, -0.1) is 15.3 Å². The van der Waals surface area contributed by atoms with Gasteiger partial charge in [0, 0.05) is 5.39 Å². The molecule has 2 N–H and O–H groups in total. The van der Waals surface area contributed by atoms with Crippen molar-refractivity contribution in [3.63, 3.8) is 0 Å². The average molecular weight is 276 g/mol. The molecule has 0 aliphatic rings. The van der Waals surface area contributed by atoms with E-state index in [9.17, 15) is 5.11 Å². The molecule has 2 heterocycles. The second-order valence-electron chi connectivity index (χ2n) is 5.02. The Morgan fingerprint density at radius 1 is 1.05 bits per heavy atom. The first-order valence-corrected chi connectivity index (χ1v) is 6.63. The fourth-order valence-electron chi connectivity index (χ4n) is 2.60. The first kappa shape index (κ1) is 11.8. The Labute approximate surface area is 120 Å². The van der Waals surface area contributed by atoms with Crippen molar-refractivity contribution in [2.75, 3.05) is 0 Å². The maximum Gasteiger partial charge on any atom is 0.258 e. The molecule has 0 radical (unpaired) electrons. The molecule has 0 fully saturated rings.